The Morgan fingerprint density at radius 3 is 2.88 bits per heavy atom. The summed E-state index contributed by atoms with van der Waals surface area (Å²) in [6, 6.07) is 3.00. The largest absolute Gasteiger partial charge is 0.350 e. The minimum atomic E-state index is -0.680. The van der Waals surface area contributed by atoms with Crippen molar-refractivity contribution in [2.45, 2.75) is 6.92 Å². The van der Waals surface area contributed by atoms with Crippen molar-refractivity contribution >= 4 is 29.6 Å². The minimum absolute atomic E-state index is 0.00620. The molecule has 0 aromatic heterocycles. The fourth-order valence-corrected chi connectivity index (χ4v) is 1.24. The maximum absolute atomic E-state index is 13.5. The maximum Gasteiger partial charge on any atom is 0.243 e. The summed E-state index contributed by atoms with van der Waals surface area (Å²) in [7, 11) is 0. The molecule has 0 spiro atoms. The topological polar surface area (TPSA) is 58.2 Å². The molecule has 4 nitrogen and oxygen atoms in total. The number of amides is 2. The molecular formula is C10H10ClFN2O2. The van der Waals surface area contributed by atoms with Gasteiger partial charge in [-0.25, -0.2) is 4.39 Å². The maximum atomic E-state index is 13.5. The molecule has 6 heteroatoms. The van der Waals surface area contributed by atoms with E-state index in [1.54, 1.807) is 13.0 Å². The van der Waals surface area contributed by atoms with Gasteiger partial charge < -0.3 is 10.6 Å². The van der Waals surface area contributed by atoms with Gasteiger partial charge in [-0.05, 0) is 18.6 Å². The Morgan fingerprint density at radius 1 is 1.56 bits per heavy atom. The number of anilines is 1. The minimum Gasteiger partial charge on any atom is -0.350 e. The van der Waals surface area contributed by atoms with E-state index in [0.29, 0.717) is 12.0 Å². The van der Waals surface area contributed by atoms with Crippen LogP contribution in [0.25, 0.3) is 0 Å². The van der Waals surface area contributed by atoms with E-state index in [-0.39, 0.29) is 17.3 Å². The highest BCUT2D eigenvalue weighted by molar-refractivity contribution is 6.31. The highest BCUT2D eigenvalue weighted by Gasteiger charge is 2.11. The average Bonchev–Trinajstić information content (AvgIpc) is 2.27. The third-order valence-corrected chi connectivity index (χ3v) is 2.36. The van der Waals surface area contributed by atoms with E-state index in [9.17, 15) is 14.0 Å². The van der Waals surface area contributed by atoms with Crippen LogP contribution in [0.1, 0.15) is 5.56 Å². The average molecular weight is 245 g/mol. The zero-order valence-electron chi connectivity index (χ0n) is 8.51. The normalized spacial score (nSPS) is 9.69. The fourth-order valence-electron chi connectivity index (χ4n) is 1.07. The Morgan fingerprint density at radius 2 is 2.25 bits per heavy atom. The number of aryl methyl sites for hydroxylation is 1. The number of carbonyl (C=O) groups is 2. The van der Waals surface area contributed by atoms with Gasteiger partial charge in [-0.1, -0.05) is 17.7 Å². The summed E-state index contributed by atoms with van der Waals surface area (Å²) < 4.78 is 13.5. The Bertz CT molecular complexity index is 424. The third-order valence-electron chi connectivity index (χ3n) is 1.90. The fraction of sp³-hybridized carbons (Fsp3) is 0.200. The van der Waals surface area contributed by atoms with Gasteiger partial charge in [0.2, 0.25) is 12.3 Å². The smallest absolute Gasteiger partial charge is 0.243 e. The SMILES string of the molecule is Cc1ccc(NC(=O)CNC=O)c(F)c1Cl. The zero-order valence-corrected chi connectivity index (χ0v) is 9.27. The van der Waals surface area contributed by atoms with E-state index >= 15 is 0 Å². The van der Waals surface area contributed by atoms with Crippen LogP contribution in [0.3, 0.4) is 0 Å². The molecule has 1 aromatic carbocycles. The summed E-state index contributed by atoms with van der Waals surface area (Å²) in [4.78, 5) is 21.1. The molecule has 0 bridgehead atoms. The van der Waals surface area contributed by atoms with Crippen molar-refractivity contribution in [1.82, 2.24) is 5.32 Å². The molecule has 2 N–H and O–H groups in total. The monoisotopic (exact) mass is 244 g/mol. The predicted octanol–water partition coefficient (Wildman–Crippen LogP) is 1.47. The van der Waals surface area contributed by atoms with Crippen molar-refractivity contribution < 1.29 is 14.0 Å². The molecule has 86 valence electrons. The summed E-state index contributed by atoms with van der Waals surface area (Å²) in [5.41, 5.74) is 0.580. The third kappa shape index (κ3) is 2.93. The second-order valence-electron chi connectivity index (χ2n) is 3.10. The van der Waals surface area contributed by atoms with E-state index < -0.39 is 11.7 Å². The number of hydrogen-bond acceptors (Lipinski definition) is 2. The molecule has 0 radical (unpaired) electrons. The van der Waals surface area contributed by atoms with Gasteiger partial charge in [0.1, 0.15) is 0 Å². The lowest BCUT2D eigenvalue weighted by atomic mass is 10.2. The van der Waals surface area contributed by atoms with Gasteiger partial charge in [-0.15, -0.1) is 0 Å². The molecule has 0 saturated carbocycles. The molecule has 0 saturated heterocycles. The molecule has 0 aliphatic heterocycles. The van der Waals surface area contributed by atoms with Crippen LogP contribution in [0.2, 0.25) is 5.02 Å². The van der Waals surface area contributed by atoms with Crippen LogP contribution >= 0.6 is 11.6 Å². The molecule has 0 aliphatic rings. The van der Waals surface area contributed by atoms with E-state index in [1.165, 1.54) is 6.07 Å². The van der Waals surface area contributed by atoms with Gasteiger partial charge in [0.05, 0.1) is 17.3 Å². The van der Waals surface area contributed by atoms with Crippen LogP contribution < -0.4 is 10.6 Å². The lowest BCUT2D eigenvalue weighted by Gasteiger charge is -2.08. The van der Waals surface area contributed by atoms with Crippen LogP contribution in [0.15, 0.2) is 12.1 Å². The van der Waals surface area contributed by atoms with E-state index in [4.69, 9.17) is 11.6 Å². The predicted molar refractivity (Wildman–Crippen MR) is 58.8 cm³/mol. The molecule has 0 heterocycles. The van der Waals surface area contributed by atoms with Gasteiger partial charge in [0.25, 0.3) is 0 Å². The van der Waals surface area contributed by atoms with Crippen molar-refractivity contribution in [1.29, 1.82) is 0 Å². The molecule has 0 atom stereocenters. The number of halogens is 2. The number of carbonyl (C=O) groups excluding carboxylic acids is 2. The molecule has 16 heavy (non-hydrogen) atoms. The molecular weight excluding hydrogens is 235 g/mol. The Kier molecular flexibility index (Phi) is 4.25. The van der Waals surface area contributed by atoms with Gasteiger partial charge in [-0.2, -0.15) is 0 Å². The summed E-state index contributed by atoms with van der Waals surface area (Å²) in [6.45, 7) is 1.44. The van der Waals surface area contributed by atoms with Crippen molar-refractivity contribution in [3.63, 3.8) is 0 Å². The van der Waals surface area contributed by atoms with Crippen molar-refractivity contribution in [2.24, 2.45) is 0 Å². The van der Waals surface area contributed by atoms with Gasteiger partial charge in [-0.3, -0.25) is 9.59 Å². The van der Waals surface area contributed by atoms with Crippen LogP contribution in [0, 0.1) is 12.7 Å². The van der Waals surface area contributed by atoms with Gasteiger partial charge in [0.15, 0.2) is 5.82 Å². The lowest BCUT2D eigenvalue weighted by molar-refractivity contribution is -0.118. The van der Waals surface area contributed by atoms with E-state index in [0.717, 1.165) is 0 Å². The van der Waals surface area contributed by atoms with E-state index in [1.807, 2.05) is 0 Å². The molecule has 0 fully saturated rings. The quantitative estimate of drug-likeness (QED) is 0.788. The second-order valence-corrected chi connectivity index (χ2v) is 3.48. The standard InChI is InChI=1S/C10H10ClFN2O2/c1-6-2-3-7(10(12)9(6)11)14-8(16)4-13-5-15/h2-3,5H,4H2,1H3,(H,13,15)(H,14,16). The first-order chi connectivity index (χ1) is 7.56. The lowest BCUT2D eigenvalue weighted by Crippen LogP contribution is -2.27. The zero-order chi connectivity index (χ0) is 12.1. The number of nitrogens with one attached hydrogen (secondary N) is 2. The first-order valence-electron chi connectivity index (χ1n) is 4.47. The highest BCUT2D eigenvalue weighted by atomic mass is 35.5. The highest BCUT2D eigenvalue weighted by Crippen LogP contribution is 2.25. The number of rotatable bonds is 4. The van der Waals surface area contributed by atoms with Crippen LogP contribution in [-0.2, 0) is 9.59 Å². The Hall–Kier alpha value is -1.62. The van der Waals surface area contributed by atoms with Crippen LogP contribution in [0.4, 0.5) is 10.1 Å². The molecule has 2 amide bonds. The van der Waals surface area contributed by atoms with Crippen molar-refractivity contribution in [2.75, 3.05) is 11.9 Å². The molecule has 1 rings (SSSR count). The van der Waals surface area contributed by atoms with Gasteiger partial charge in [0, 0.05) is 0 Å². The van der Waals surface area contributed by atoms with E-state index in [2.05, 4.69) is 10.6 Å². The van der Waals surface area contributed by atoms with Crippen LogP contribution in [0.5, 0.6) is 0 Å². The first kappa shape index (κ1) is 12.4. The van der Waals surface area contributed by atoms with Crippen LogP contribution in [-0.4, -0.2) is 18.9 Å². The number of benzene rings is 1. The van der Waals surface area contributed by atoms with Crippen molar-refractivity contribution in [3.05, 3.63) is 28.5 Å². The Balaban J connectivity index is 2.78. The second kappa shape index (κ2) is 5.46. The summed E-state index contributed by atoms with van der Waals surface area (Å²) >= 11 is 5.67. The molecule has 0 aliphatic carbocycles. The first-order valence-corrected chi connectivity index (χ1v) is 4.85. The van der Waals surface area contributed by atoms with Crippen molar-refractivity contribution in [3.8, 4) is 0 Å². The summed E-state index contributed by atoms with van der Waals surface area (Å²) in [5.74, 6) is -1.20. The summed E-state index contributed by atoms with van der Waals surface area (Å²) in [5, 5.41) is 4.43. The Labute approximate surface area is 96.8 Å². The molecule has 0 unspecified atom stereocenters. The number of hydrogen-bond donors (Lipinski definition) is 2. The van der Waals surface area contributed by atoms with Gasteiger partial charge >= 0.3 is 0 Å². The molecule has 1 aromatic rings. The summed E-state index contributed by atoms with van der Waals surface area (Å²) in [6.07, 6.45) is 0.387.